The van der Waals surface area contributed by atoms with Crippen LogP contribution in [0.25, 0.3) is 0 Å². The second-order valence-corrected chi connectivity index (χ2v) is 7.76. The Hall–Kier alpha value is -4.40. The number of anilines is 1. The van der Waals surface area contributed by atoms with Crippen molar-refractivity contribution in [2.45, 2.75) is 26.0 Å². The van der Waals surface area contributed by atoms with Crippen molar-refractivity contribution in [1.29, 1.82) is 0 Å². The fourth-order valence-corrected chi connectivity index (χ4v) is 3.70. The Morgan fingerprint density at radius 3 is 2.60 bits per heavy atom. The van der Waals surface area contributed by atoms with E-state index in [0.29, 0.717) is 35.0 Å². The van der Waals surface area contributed by atoms with E-state index in [-0.39, 0.29) is 12.5 Å². The van der Waals surface area contributed by atoms with Crippen molar-refractivity contribution >= 4 is 23.4 Å². The summed E-state index contributed by atoms with van der Waals surface area (Å²) in [6, 6.07) is 17.8. The molecule has 0 aliphatic carbocycles. The fraction of sp³-hybridized carbons (Fsp3) is 0.231. The summed E-state index contributed by atoms with van der Waals surface area (Å²) in [5.41, 5.74) is 3.05. The average Bonchev–Trinajstić information content (AvgIpc) is 2.89. The smallest absolute Gasteiger partial charge is 0.431 e. The minimum atomic E-state index is -0.538. The summed E-state index contributed by atoms with van der Waals surface area (Å²) in [6.07, 6.45) is 1.11. The van der Waals surface area contributed by atoms with Gasteiger partial charge in [0.2, 0.25) is 0 Å². The second kappa shape index (κ2) is 10.7. The number of nitrogens with zero attached hydrogens (tertiary/aromatic N) is 3. The Labute approximate surface area is 203 Å². The second-order valence-electron chi connectivity index (χ2n) is 7.76. The molecular formula is C26H26N4O5. The molecule has 3 aromatic rings. The number of pyridine rings is 1. The molecule has 1 N–H and O–H groups in total. The molecule has 0 fully saturated rings. The highest BCUT2D eigenvalue weighted by Gasteiger charge is 2.31. The predicted octanol–water partition coefficient (Wildman–Crippen LogP) is 4.49. The number of amides is 2. The lowest BCUT2D eigenvalue weighted by Crippen LogP contribution is -2.41. The van der Waals surface area contributed by atoms with Crippen molar-refractivity contribution in [3.63, 3.8) is 0 Å². The molecule has 9 nitrogen and oxygen atoms in total. The third-order valence-electron chi connectivity index (χ3n) is 5.45. The van der Waals surface area contributed by atoms with Gasteiger partial charge in [-0.05, 0) is 54.4 Å². The van der Waals surface area contributed by atoms with Crippen LogP contribution >= 0.6 is 0 Å². The number of nitrogens with one attached hydrogen (secondary N) is 1. The maximum Gasteiger partial charge on any atom is 0.431 e. The molecule has 0 saturated carbocycles. The normalized spacial score (nSPS) is 15.2. The van der Waals surface area contributed by atoms with Crippen molar-refractivity contribution in [3.05, 3.63) is 83.7 Å². The largest absolute Gasteiger partial charge is 0.493 e. The standard InChI is InChI=1S/C26H26N4O5/c1-4-21-24(18-11-12-22(33-2)23(15-18)34-3)29-30(26(32)35-21)16-17-8-7-9-19(14-17)28-25(31)20-10-5-6-13-27-20/h5-15,21H,4,16H2,1-3H3,(H,28,31). The minimum Gasteiger partial charge on any atom is -0.493 e. The van der Waals surface area contributed by atoms with E-state index in [1.807, 2.05) is 25.1 Å². The molecular weight excluding hydrogens is 448 g/mol. The van der Waals surface area contributed by atoms with Crippen molar-refractivity contribution < 1.29 is 23.8 Å². The number of cyclic esters (lactones) is 1. The Kier molecular flexibility index (Phi) is 7.25. The van der Waals surface area contributed by atoms with E-state index in [9.17, 15) is 9.59 Å². The third-order valence-corrected chi connectivity index (χ3v) is 5.45. The van der Waals surface area contributed by atoms with Crippen LogP contribution in [-0.4, -0.2) is 48.0 Å². The molecule has 180 valence electrons. The van der Waals surface area contributed by atoms with Crippen LogP contribution in [0.15, 0.2) is 72.0 Å². The first-order valence-corrected chi connectivity index (χ1v) is 11.1. The van der Waals surface area contributed by atoms with E-state index >= 15 is 0 Å². The molecule has 1 aliphatic rings. The van der Waals surface area contributed by atoms with Gasteiger partial charge in [-0.15, -0.1) is 0 Å². The van der Waals surface area contributed by atoms with Crippen LogP contribution in [0.1, 0.15) is 35.0 Å². The van der Waals surface area contributed by atoms with E-state index in [1.165, 1.54) is 5.01 Å². The van der Waals surface area contributed by atoms with Gasteiger partial charge in [0.25, 0.3) is 5.91 Å². The lowest BCUT2D eigenvalue weighted by molar-refractivity contribution is 0.0712. The number of ether oxygens (including phenoxy) is 3. The number of carbonyl (C=O) groups is 2. The van der Waals surface area contributed by atoms with Crippen LogP contribution in [0.3, 0.4) is 0 Å². The number of hydrogen-bond acceptors (Lipinski definition) is 7. The van der Waals surface area contributed by atoms with Crippen LogP contribution in [0, 0.1) is 0 Å². The molecule has 2 amide bonds. The van der Waals surface area contributed by atoms with E-state index in [0.717, 1.165) is 11.1 Å². The van der Waals surface area contributed by atoms with Gasteiger partial charge in [-0.1, -0.05) is 25.1 Å². The van der Waals surface area contributed by atoms with Crippen molar-refractivity contribution in [2.24, 2.45) is 5.10 Å². The summed E-state index contributed by atoms with van der Waals surface area (Å²) in [7, 11) is 3.13. The first kappa shape index (κ1) is 23.7. The summed E-state index contributed by atoms with van der Waals surface area (Å²) >= 11 is 0. The molecule has 1 atom stereocenters. The number of benzene rings is 2. The van der Waals surface area contributed by atoms with Crippen molar-refractivity contribution in [1.82, 2.24) is 9.99 Å². The number of methoxy groups -OCH3 is 2. The third kappa shape index (κ3) is 5.40. The molecule has 1 aliphatic heterocycles. The minimum absolute atomic E-state index is 0.166. The molecule has 0 spiro atoms. The molecule has 9 heteroatoms. The van der Waals surface area contributed by atoms with Gasteiger partial charge in [-0.3, -0.25) is 9.78 Å². The first-order chi connectivity index (χ1) is 17.0. The molecule has 4 rings (SSSR count). The van der Waals surface area contributed by atoms with Crippen LogP contribution in [0.4, 0.5) is 10.5 Å². The quantitative estimate of drug-likeness (QED) is 0.516. The Morgan fingerprint density at radius 2 is 1.89 bits per heavy atom. The highest BCUT2D eigenvalue weighted by atomic mass is 16.6. The monoisotopic (exact) mass is 474 g/mol. The summed E-state index contributed by atoms with van der Waals surface area (Å²) in [5, 5.41) is 8.73. The fourth-order valence-electron chi connectivity index (χ4n) is 3.70. The molecule has 35 heavy (non-hydrogen) atoms. The number of hydrazone groups is 1. The predicted molar refractivity (Wildman–Crippen MR) is 131 cm³/mol. The summed E-state index contributed by atoms with van der Waals surface area (Å²) in [6.45, 7) is 2.09. The Morgan fingerprint density at radius 1 is 1.06 bits per heavy atom. The maximum atomic E-state index is 12.7. The summed E-state index contributed by atoms with van der Waals surface area (Å²) in [5.74, 6) is 0.834. The zero-order valence-electron chi connectivity index (χ0n) is 19.7. The number of hydrogen-bond donors (Lipinski definition) is 1. The van der Waals surface area contributed by atoms with E-state index in [4.69, 9.17) is 14.2 Å². The van der Waals surface area contributed by atoms with Gasteiger partial charge in [0, 0.05) is 17.4 Å². The summed E-state index contributed by atoms with van der Waals surface area (Å²) < 4.78 is 16.4. The molecule has 1 aromatic heterocycles. The van der Waals surface area contributed by atoms with Gasteiger partial charge >= 0.3 is 6.09 Å². The zero-order valence-corrected chi connectivity index (χ0v) is 19.7. The first-order valence-electron chi connectivity index (χ1n) is 11.1. The molecule has 0 bridgehead atoms. The number of aromatic nitrogens is 1. The van der Waals surface area contributed by atoms with Gasteiger partial charge in [0.05, 0.1) is 20.8 Å². The van der Waals surface area contributed by atoms with Crippen molar-refractivity contribution in [3.8, 4) is 11.5 Å². The lowest BCUT2D eigenvalue weighted by Gasteiger charge is -2.29. The molecule has 0 saturated heterocycles. The van der Waals surface area contributed by atoms with Crippen LogP contribution in [-0.2, 0) is 11.3 Å². The average molecular weight is 475 g/mol. The molecule has 1 unspecified atom stereocenters. The lowest BCUT2D eigenvalue weighted by atomic mass is 10.0. The topological polar surface area (TPSA) is 102 Å². The molecule has 0 radical (unpaired) electrons. The van der Waals surface area contributed by atoms with Crippen LogP contribution < -0.4 is 14.8 Å². The number of rotatable bonds is 8. The highest BCUT2D eigenvalue weighted by Crippen LogP contribution is 2.30. The Balaban J connectivity index is 1.57. The highest BCUT2D eigenvalue weighted by molar-refractivity contribution is 6.06. The van der Waals surface area contributed by atoms with Gasteiger partial charge in [-0.25, -0.2) is 4.79 Å². The number of carbonyl (C=O) groups excluding carboxylic acids is 2. The summed E-state index contributed by atoms with van der Waals surface area (Å²) in [4.78, 5) is 29.2. The van der Waals surface area contributed by atoms with E-state index in [2.05, 4.69) is 15.4 Å². The van der Waals surface area contributed by atoms with Crippen LogP contribution in [0.5, 0.6) is 11.5 Å². The molecule has 2 aromatic carbocycles. The van der Waals surface area contributed by atoms with E-state index < -0.39 is 12.2 Å². The van der Waals surface area contributed by atoms with Crippen molar-refractivity contribution in [2.75, 3.05) is 19.5 Å². The van der Waals surface area contributed by atoms with Gasteiger partial charge in [0.15, 0.2) is 11.5 Å². The van der Waals surface area contributed by atoms with Crippen LogP contribution in [0.2, 0.25) is 0 Å². The zero-order chi connectivity index (χ0) is 24.8. The van der Waals surface area contributed by atoms with E-state index in [1.54, 1.807) is 62.9 Å². The Bertz CT molecular complexity index is 1250. The van der Waals surface area contributed by atoms with Gasteiger partial charge in [0.1, 0.15) is 17.5 Å². The SMILES string of the molecule is CCC1OC(=O)N(Cc2cccc(NC(=O)c3ccccn3)c2)N=C1c1ccc(OC)c(OC)c1. The van der Waals surface area contributed by atoms with Gasteiger partial charge < -0.3 is 19.5 Å². The maximum absolute atomic E-state index is 12.7. The molecule has 2 heterocycles. The van der Waals surface area contributed by atoms with Gasteiger partial charge in [-0.2, -0.15) is 10.1 Å².